The Labute approximate surface area is 137 Å². The number of anilines is 2. The molecule has 0 aliphatic heterocycles. The zero-order valence-corrected chi connectivity index (χ0v) is 13.3. The molecule has 0 aliphatic carbocycles. The van der Waals surface area contributed by atoms with Crippen LogP contribution < -0.4 is 5.32 Å². The van der Waals surface area contributed by atoms with Gasteiger partial charge in [0.2, 0.25) is 0 Å². The Kier molecular flexibility index (Phi) is 9.76. The van der Waals surface area contributed by atoms with Crippen LogP contribution >= 0.6 is 0 Å². The summed E-state index contributed by atoms with van der Waals surface area (Å²) in [6.45, 7) is 1.18. The molecule has 0 atom stereocenters. The Bertz CT molecular complexity index is 460. The van der Waals surface area contributed by atoms with E-state index in [-0.39, 0.29) is 38.5 Å². The van der Waals surface area contributed by atoms with Crippen LogP contribution in [0.5, 0.6) is 5.75 Å². The molecular formula is C14H13NO3Y-2. The number of hydrogen-bond acceptors (Lipinski definition) is 4. The molecule has 0 saturated heterocycles. The summed E-state index contributed by atoms with van der Waals surface area (Å²) < 4.78 is 3.74. The van der Waals surface area contributed by atoms with Crippen LogP contribution in [0.1, 0.15) is 0 Å². The van der Waals surface area contributed by atoms with Gasteiger partial charge in [-0.25, -0.2) is 0 Å². The fraction of sp³-hybridized carbons (Fsp3) is 0.0714. The maximum absolute atomic E-state index is 9.09. The van der Waals surface area contributed by atoms with Crippen molar-refractivity contribution in [2.75, 3.05) is 12.4 Å². The number of carbonyl (C=O) groups excluding carboxylic acids is 1. The number of aromatic hydroxyl groups is 1. The molecule has 2 N–H and O–H groups in total. The van der Waals surface area contributed by atoms with Crippen molar-refractivity contribution < 1.29 is 47.3 Å². The maximum Gasteiger partial charge on any atom is 0.115 e. The fourth-order valence-corrected chi connectivity index (χ4v) is 1.17. The summed E-state index contributed by atoms with van der Waals surface area (Å²) in [4.78, 5) is 8.83. The number of ether oxygens (including phenoxy) is 1. The Balaban J connectivity index is 0.000000576. The molecule has 97 valence electrons. The summed E-state index contributed by atoms with van der Waals surface area (Å²) in [7, 11) is 1.26. The average molecular weight is 332 g/mol. The summed E-state index contributed by atoms with van der Waals surface area (Å²) in [6.07, 6.45) is 0. The molecule has 2 rings (SSSR count). The molecule has 4 nitrogen and oxygen atoms in total. The minimum atomic E-state index is 0. The number of hydrogen-bond donors (Lipinski definition) is 2. The third kappa shape index (κ3) is 7.60. The number of phenolic OH excluding ortho intramolecular Hbond substituents is 1. The number of para-hydroxylation sites is 1. The van der Waals surface area contributed by atoms with Crippen LogP contribution in [0.3, 0.4) is 0 Å². The molecule has 0 heterocycles. The molecule has 0 amide bonds. The van der Waals surface area contributed by atoms with E-state index in [0.29, 0.717) is 0 Å². The first-order valence-corrected chi connectivity index (χ1v) is 5.19. The zero-order chi connectivity index (χ0) is 13.2. The molecule has 0 aliphatic rings. The number of rotatable bonds is 3. The van der Waals surface area contributed by atoms with E-state index in [4.69, 9.17) is 9.90 Å². The molecule has 2 aromatic carbocycles. The van der Waals surface area contributed by atoms with E-state index >= 15 is 0 Å². The van der Waals surface area contributed by atoms with Crippen LogP contribution in [0, 0.1) is 6.07 Å². The molecule has 0 bridgehead atoms. The number of nitrogens with one attached hydrogen (secondary N) is 1. The van der Waals surface area contributed by atoms with Crippen molar-refractivity contribution >= 4 is 17.8 Å². The van der Waals surface area contributed by atoms with Crippen molar-refractivity contribution in [2.24, 2.45) is 0 Å². The van der Waals surface area contributed by atoms with Crippen LogP contribution in [0.4, 0.5) is 11.4 Å². The molecule has 2 aromatic rings. The van der Waals surface area contributed by atoms with Gasteiger partial charge in [-0.3, -0.25) is 0 Å². The van der Waals surface area contributed by atoms with Crippen molar-refractivity contribution in [3.05, 3.63) is 54.6 Å². The Morgan fingerprint density at radius 2 is 1.84 bits per heavy atom. The van der Waals surface area contributed by atoms with Crippen molar-refractivity contribution in [1.29, 1.82) is 0 Å². The van der Waals surface area contributed by atoms with Gasteiger partial charge in [-0.05, 0) is 24.3 Å². The van der Waals surface area contributed by atoms with E-state index in [2.05, 4.69) is 16.1 Å². The van der Waals surface area contributed by atoms with Crippen LogP contribution in [0.25, 0.3) is 0 Å². The van der Waals surface area contributed by atoms with Gasteiger partial charge in [-0.2, -0.15) is 24.3 Å². The van der Waals surface area contributed by atoms with Gasteiger partial charge in [0.1, 0.15) is 5.75 Å². The molecule has 5 heteroatoms. The predicted octanol–water partition coefficient (Wildman–Crippen LogP) is 2.63. The smallest absolute Gasteiger partial charge is 0.115 e. The van der Waals surface area contributed by atoms with Crippen molar-refractivity contribution in [1.82, 2.24) is 0 Å². The molecule has 19 heavy (non-hydrogen) atoms. The van der Waals surface area contributed by atoms with E-state index in [9.17, 15) is 0 Å². The number of benzene rings is 2. The summed E-state index contributed by atoms with van der Waals surface area (Å²) in [5, 5.41) is 12.3. The maximum atomic E-state index is 9.09. The van der Waals surface area contributed by atoms with E-state index in [1.54, 1.807) is 12.1 Å². The van der Waals surface area contributed by atoms with Gasteiger partial charge < -0.3 is 20.0 Å². The van der Waals surface area contributed by atoms with Gasteiger partial charge in [0, 0.05) is 45.5 Å². The number of methoxy groups -OCH3 is 1. The minimum absolute atomic E-state index is 0. The van der Waals surface area contributed by atoms with Crippen LogP contribution in [-0.2, 0) is 42.2 Å². The minimum Gasteiger partial charge on any atom is -0.655 e. The Morgan fingerprint density at radius 3 is 2.32 bits per heavy atom. The molecule has 0 spiro atoms. The molecule has 0 aromatic heterocycles. The summed E-state index contributed by atoms with van der Waals surface area (Å²) >= 11 is 0. The van der Waals surface area contributed by atoms with E-state index in [1.165, 1.54) is 13.6 Å². The van der Waals surface area contributed by atoms with Gasteiger partial charge in [-0.1, -0.05) is 12.2 Å². The monoisotopic (exact) mass is 332 g/mol. The SMILES string of the molecule is CO[C-]=O.Oc1ccc(Nc2[c-]cccc2)cc1.[Y]. The van der Waals surface area contributed by atoms with Gasteiger partial charge >= 0.3 is 0 Å². The van der Waals surface area contributed by atoms with Crippen LogP contribution in [0.2, 0.25) is 0 Å². The number of phenols is 1. The first kappa shape index (κ1) is 17.6. The first-order chi connectivity index (χ1) is 8.76. The van der Waals surface area contributed by atoms with E-state index in [0.717, 1.165) is 11.4 Å². The van der Waals surface area contributed by atoms with Gasteiger partial charge in [0.05, 0.1) is 0 Å². The van der Waals surface area contributed by atoms with Crippen molar-refractivity contribution in [2.45, 2.75) is 0 Å². The summed E-state index contributed by atoms with van der Waals surface area (Å²) in [5.41, 5.74) is 1.85. The molecule has 0 fully saturated rings. The standard InChI is InChI=1S/C12H10NO.C2H3O2.Y/c14-12-8-6-11(7-9-12)13-10-4-2-1-3-5-10;1-4-2-3;/h1-4,6-9,13-14H;1H3;/q2*-1;. The fourth-order valence-electron chi connectivity index (χ4n) is 1.17. The van der Waals surface area contributed by atoms with E-state index < -0.39 is 0 Å². The van der Waals surface area contributed by atoms with Crippen molar-refractivity contribution in [3.8, 4) is 5.75 Å². The first-order valence-electron chi connectivity index (χ1n) is 5.19. The molecule has 0 unspecified atom stereocenters. The van der Waals surface area contributed by atoms with Gasteiger partial charge in [-0.15, -0.1) is 6.07 Å². The largest absolute Gasteiger partial charge is 0.655 e. The second-order valence-electron chi connectivity index (χ2n) is 3.24. The van der Waals surface area contributed by atoms with Crippen LogP contribution in [0.15, 0.2) is 48.5 Å². The molecular weight excluding hydrogens is 319 g/mol. The normalized spacial score (nSPS) is 8.26. The van der Waals surface area contributed by atoms with Crippen molar-refractivity contribution in [3.63, 3.8) is 0 Å². The van der Waals surface area contributed by atoms with Gasteiger partial charge in [0.15, 0.2) is 0 Å². The zero-order valence-electron chi connectivity index (χ0n) is 10.5. The predicted molar refractivity (Wildman–Crippen MR) is 69.4 cm³/mol. The quantitative estimate of drug-likeness (QED) is 0.670. The molecule has 0 saturated carbocycles. The topological polar surface area (TPSA) is 58.6 Å². The summed E-state index contributed by atoms with van der Waals surface area (Å²) in [5.74, 6) is 0.271. The molecule has 1 radical (unpaired) electrons. The summed E-state index contributed by atoms with van der Waals surface area (Å²) in [6, 6.07) is 17.6. The van der Waals surface area contributed by atoms with E-state index in [1.807, 2.05) is 36.4 Å². The Morgan fingerprint density at radius 1 is 1.21 bits per heavy atom. The van der Waals surface area contributed by atoms with Crippen LogP contribution in [-0.4, -0.2) is 18.7 Å². The van der Waals surface area contributed by atoms with Gasteiger partial charge in [0.25, 0.3) is 0 Å². The third-order valence-corrected chi connectivity index (χ3v) is 1.94. The second-order valence-corrected chi connectivity index (χ2v) is 3.24. The average Bonchev–Trinajstić information content (AvgIpc) is 2.43. The Hall–Kier alpha value is -1.39. The second kappa shape index (κ2) is 10.5. The third-order valence-electron chi connectivity index (χ3n) is 1.94.